The molecule has 1 aromatic carbocycles. The summed E-state index contributed by atoms with van der Waals surface area (Å²) >= 11 is 7.92. The van der Waals surface area contributed by atoms with E-state index in [1.54, 1.807) is 18.4 Å². The van der Waals surface area contributed by atoms with E-state index in [-0.39, 0.29) is 6.04 Å². The highest BCUT2D eigenvalue weighted by Gasteiger charge is 2.11. The molecule has 4 heteroatoms. The van der Waals surface area contributed by atoms with E-state index in [0.717, 1.165) is 27.6 Å². The quantitative estimate of drug-likeness (QED) is 0.896. The van der Waals surface area contributed by atoms with Gasteiger partial charge in [0.05, 0.1) is 7.11 Å². The van der Waals surface area contributed by atoms with Crippen molar-refractivity contribution in [2.24, 2.45) is 5.73 Å². The van der Waals surface area contributed by atoms with Crippen molar-refractivity contribution in [1.29, 1.82) is 0 Å². The highest BCUT2D eigenvalue weighted by Crippen LogP contribution is 2.37. The van der Waals surface area contributed by atoms with E-state index in [1.807, 2.05) is 18.2 Å². The second-order valence-electron chi connectivity index (χ2n) is 4.06. The van der Waals surface area contributed by atoms with Crippen LogP contribution < -0.4 is 10.5 Å². The highest BCUT2D eigenvalue weighted by atomic mass is 35.5. The summed E-state index contributed by atoms with van der Waals surface area (Å²) in [6, 6.07) is 9.91. The number of hydrogen-bond acceptors (Lipinski definition) is 3. The van der Waals surface area contributed by atoms with E-state index in [1.165, 1.54) is 4.88 Å². The molecule has 0 aliphatic carbocycles. The number of nitrogens with two attached hydrogens (primary N) is 1. The molecule has 2 N–H and O–H groups in total. The average Bonchev–Trinajstić information content (AvgIpc) is 2.88. The Morgan fingerprint density at radius 1 is 1.33 bits per heavy atom. The minimum Gasteiger partial charge on any atom is -0.497 e. The number of hydrogen-bond donors (Lipinski definition) is 1. The molecule has 0 bridgehead atoms. The number of methoxy groups -OCH3 is 1. The van der Waals surface area contributed by atoms with Gasteiger partial charge in [-0.05, 0) is 36.8 Å². The summed E-state index contributed by atoms with van der Waals surface area (Å²) in [5, 5.41) is 0.731. The third-order valence-corrected chi connectivity index (χ3v) is 4.45. The van der Waals surface area contributed by atoms with Gasteiger partial charge in [-0.3, -0.25) is 0 Å². The predicted molar refractivity (Wildman–Crippen MR) is 78.5 cm³/mol. The van der Waals surface area contributed by atoms with Crippen LogP contribution in [0.1, 0.15) is 24.3 Å². The van der Waals surface area contributed by atoms with Crippen molar-refractivity contribution >= 4 is 22.9 Å². The van der Waals surface area contributed by atoms with Crippen LogP contribution in [0, 0.1) is 0 Å². The molecule has 0 fully saturated rings. The molecular formula is C14H16ClNOS. The normalized spacial score (nSPS) is 12.4. The summed E-state index contributed by atoms with van der Waals surface area (Å²) in [6.07, 6.45) is 0.936. The topological polar surface area (TPSA) is 35.2 Å². The van der Waals surface area contributed by atoms with Crippen molar-refractivity contribution in [2.45, 2.75) is 19.4 Å². The zero-order valence-corrected chi connectivity index (χ0v) is 12.0. The van der Waals surface area contributed by atoms with Crippen LogP contribution in [-0.2, 0) is 0 Å². The third-order valence-electron chi connectivity index (χ3n) is 2.87. The maximum absolute atomic E-state index is 6.23. The summed E-state index contributed by atoms with van der Waals surface area (Å²) < 4.78 is 5.23. The van der Waals surface area contributed by atoms with Crippen molar-refractivity contribution in [3.63, 3.8) is 0 Å². The van der Waals surface area contributed by atoms with Gasteiger partial charge in [-0.25, -0.2) is 0 Å². The number of halogens is 1. The van der Waals surface area contributed by atoms with Crippen molar-refractivity contribution in [1.82, 2.24) is 0 Å². The Labute approximate surface area is 116 Å². The van der Waals surface area contributed by atoms with Gasteiger partial charge in [-0.2, -0.15) is 0 Å². The predicted octanol–water partition coefficient (Wildman–Crippen LogP) is 4.49. The molecule has 0 saturated carbocycles. The van der Waals surface area contributed by atoms with Gasteiger partial charge in [0.15, 0.2) is 0 Å². The van der Waals surface area contributed by atoms with Crippen molar-refractivity contribution < 1.29 is 4.74 Å². The van der Waals surface area contributed by atoms with Crippen molar-refractivity contribution in [3.8, 4) is 16.2 Å². The number of rotatable bonds is 4. The Bertz CT molecular complexity index is 538. The van der Waals surface area contributed by atoms with Gasteiger partial charge in [-0.15, -0.1) is 11.3 Å². The Balaban J connectivity index is 2.39. The van der Waals surface area contributed by atoms with Crippen molar-refractivity contribution in [2.75, 3.05) is 7.11 Å². The largest absolute Gasteiger partial charge is 0.497 e. The summed E-state index contributed by atoms with van der Waals surface area (Å²) in [7, 11) is 1.65. The first kappa shape index (κ1) is 13.4. The molecule has 1 unspecified atom stereocenters. The van der Waals surface area contributed by atoms with E-state index >= 15 is 0 Å². The zero-order chi connectivity index (χ0) is 13.1. The first-order valence-corrected chi connectivity index (χ1v) is 7.04. The lowest BCUT2D eigenvalue weighted by Crippen LogP contribution is -2.05. The first-order valence-electron chi connectivity index (χ1n) is 5.85. The fraction of sp³-hybridized carbons (Fsp3) is 0.286. The summed E-state index contributed by atoms with van der Waals surface area (Å²) in [4.78, 5) is 2.31. The standard InChI is InChI=1S/C14H16ClNOS/c1-3-12(16)14-7-6-13(18-14)10-8-9(17-2)4-5-11(10)15/h4-8,12H,3,16H2,1-2H3. The van der Waals surface area contributed by atoms with Crippen LogP contribution >= 0.6 is 22.9 Å². The molecular weight excluding hydrogens is 266 g/mol. The first-order chi connectivity index (χ1) is 8.65. The molecule has 2 nitrogen and oxygen atoms in total. The van der Waals surface area contributed by atoms with E-state index in [0.29, 0.717) is 0 Å². The number of ether oxygens (including phenoxy) is 1. The van der Waals surface area contributed by atoms with Crippen LogP contribution in [0.25, 0.3) is 10.4 Å². The van der Waals surface area contributed by atoms with Gasteiger partial charge in [0, 0.05) is 26.4 Å². The fourth-order valence-corrected chi connectivity index (χ4v) is 3.12. The van der Waals surface area contributed by atoms with E-state index in [2.05, 4.69) is 19.1 Å². The van der Waals surface area contributed by atoms with E-state index in [4.69, 9.17) is 22.1 Å². The Morgan fingerprint density at radius 2 is 2.11 bits per heavy atom. The molecule has 0 aliphatic rings. The molecule has 0 radical (unpaired) electrons. The maximum atomic E-state index is 6.23. The molecule has 1 aromatic heterocycles. The summed E-state index contributed by atoms with van der Waals surface area (Å²) in [6.45, 7) is 2.09. The smallest absolute Gasteiger partial charge is 0.119 e. The highest BCUT2D eigenvalue weighted by molar-refractivity contribution is 7.15. The van der Waals surface area contributed by atoms with Gasteiger partial charge in [0.25, 0.3) is 0 Å². The second-order valence-corrected chi connectivity index (χ2v) is 5.59. The lowest BCUT2D eigenvalue weighted by molar-refractivity contribution is 0.415. The van der Waals surface area contributed by atoms with Crippen LogP contribution in [0.2, 0.25) is 5.02 Å². The molecule has 2 rings (SSSR count). The molecule has 1 heterocycles. The SMILES string of the molecule is CCC(N)c1ccc(-c2cc(OC)ccc2Cl)s1. The molecule has 96 valence electrons. The third kappa shape index (κ3) is 2.69. The molecule has 0 amide bonds. The monoisotopic (exact) mass is 281 g/mol. The second kappa shape index (κ2) is 5.74. The van der Waals surface area contributed by atoms with Gasteiger partial charge in [-0.1, -0.05) is 18.5 Å². The lowest BCUT2D eigenvalue weighted by Gasteiger charge is -2.06. The number of thiophene rings is 1. The molecule has 0 aliphatic heterocycles. The Kier molecular flexibility index (Phi) is 4.27. The Morgan fingerprint density at radius 3 is 2.78 bits per heavy atom. The summed E-state index contributed by atoms with van der Waals surface area (Å²) in [5.41, 5.74) is 7.03. The van der Waals surface area contributed by atoms with Crippen LogP contribution in [0.4, 0.5) is 0 Å². The maximum Gasteiger partial charge on any atom is 0.119 e. The van der Waals surface area contributed by atoms with Crippen LogP contribution in [0.15, 0.2) is 30.3 Å². The average molecular weight is 282 g/mol. The van der Waals surface area contributed by atoms with Crippen molar-refractivity contribution in [3.05, 3.63) is 40.2 Å². The van der Waals surface area contributed by atoms with Gasteiger partial charge >= 0.3 is 0 Å². The zero-order valence-electron chi connectivity index (χ0n) is 10.4. The van der Waals surface area contributed by atoms with E-state index in [9.17, 15) is 0 Å². The van der Waals surface area contributed by atoms with Gasteiger partial charge in [0.1, 0.15) is 5.75 Å². The lowest BCUT2D eigenvalue weighted by atomic mass is 10.1. The molecule has 0 saturated heterocycles. The molecule has 2 aromatic rings. The molecule has 0 spiro atoms. The Hall–Kier alpha value is -1.03. The summed E-state index contributed by atoms with van der Waals surface area (Å²) in [5.74, 6) is 0.809. The van der Waals surface area contributed by atoms with Crippen LogP contribution in [-0.4, -0.2) is 7.11 Å². The molecule has 1 atom stereocenters. The van der Waals surface area contributed by atoms with Gasteiger partial charge < -0.3 is 10.5 Å². The molecule has 18 heavy (non-hydrogen) atoms. The fourth-order valence-electron chi connectivity index (χ4n) is 1.72. The van der Waals surface area contributed by atoms with E-state index < -0.39 is 0 Å². The minimum absolute atomic E-state index is 0.105. The number of benzene rings is 1. The van der Waals surface area contributed by atoms with Crippen LogP contribution in [0.5, 0.6) is 5.75 Å². The minimum atomic E-state index is 0.105. The van der Waals surface area contributed by atoms with Gasteiger partial charge in [0.2, 0.25) is 0 Å². The van der Waals surface area contributed by atoms with Crippen LogP contribution in [0.3, 0.4) is 0 Å².